The molecule has 1 aliphatic carbocycles. The molecule has 4 heteroatoms. The van der Waals surface area contributed by atoms with Crippen molar-refractivity contribution in [3.8, 4) is 0 Å². The number of hydrogen-bond acceptors (Lipinski definition) is 2. The number of hydrogen-bond donors (Lipinski definition) is 3. The number of nitrogens with one attached hydrogen (secondary N) is 2. The summed E-state index contributed by atoms with van der Waals surface area (Å²) in [5.74, 6) is 0.0335. The van der Waals surface area contributed by atoms with Crippen LogP contribution < -0.4 is 5.32 Å². The molecule has 112 valence electrons. The minimum Gasteiger partial charge on any atom is -0.391 e. The zero-order valence-corrected chi connectivity index (χ0v) is 12.1. The lowest BCUT2D eigenvalue weighted by Crippen LogP contribution is -2.45. The second-order valence-corrected chi connectivity index (χ2v) is 5.89. The molecule has 4 nitrogen and oxygen atoms in total. The van der Waals surface area contributed by atoms with E-state index in [1.54, 1.807) is 0 Å². The number of aromatic amines is 1. The third-order valence-electron chi connectivity index (χ3n) is 4.37. The molecule has 1 aromatic carbocycles. The van der Waals surface area contributed by atoms with Gasteiger partial charge in [0.1, 0.15) is 0 Å². The van der Waals surface area contributed by atoms with Gasteiger partial charge in [-0.15, -0.1) is 0 Å². The SMILES string of the molecule is O=C(CCc1c[nH]c2ccccc12)N[C@H]1CCCC[C@@H]1O. The van der Waals surface area contributed by atoms with E-state index in [9.17, 15) is 9.90 Å². The minimum atomic E-state index is -0.379. The molecular formula is C17H22N2O2. The molecule has 1 amide bonds. The molecule has 21 heavy (non-hydrogen) atoms. The summed E-state index contributed by atoms with van der Waals surface area (Å²) in [6, 6.07) is 8.06. The molecule has 0 unspecified atom stereocenters. The molecule has 0 saturated heterocycles. The lowest BCUT2D eigenvalue weighted by Gasteiger charge is -2.28. The smallest absolute Gasteiger partial charge is 0.220 e. The van der Waals surface area contributed by atoms with Crippen molar-refractivity contribution < 1.29 is 9.90 Å². The first-order valence-corrected chi connectivity index (χ1v) is 7.76. The number of fused-ring (bicyclic) bond motifs is 1. The van der Waals surface area contributed by atoms with E-state index < -0.39 is 0 Å². The van der Waals surface area contributed by atoms with Crippen molar-refractivity contribution >= 4 is 16.8 Å². The number of carbonyl (C=O) groups is 1. The lowest BCUT2D eigenvalue weighted by atomic mass is 9.92. The van der Waals surface area contributed by atoms with E-state index in [1.165, 1.54) is 10.9 Å². The zero-order valence-electron chi connectivity index (χ0n) is 12.1. The molecule has 0 spiro atoms. The van der Waals surface area contributed by atoms with Crippen molar-refractivity contribution in [1.82, 2.24) is 10.3 Å². The Bertz CT molecular complexity index is 620. The maximum absolute atomic E-state index is 12.1. The molecule has 3 N–H and O–H groups in total. The molecule has 1 fully saturated rings. The van der Waals surface area contributed by atoms with Crippen molar-refractivity contribution in [3.05, 3.63) is 36.0 Å². The molecule has 2 aromatic rings. The number of aryl methyl sites for hydroxylation is 1. The molecule has 2 atom stereocenters. The first-order valence-electron chi connectivity index (χ1n) is 7.76. The molecule has 3 rings (SSSR count). The van der Waals surface area contributed by atoms with E-state index in [4.69, 9.17) is 0 Å². The van der Waals surface area contributed by atoms with Crippen LogP contribution in [0.1, 0.15) is 37.7 Å². The Labute approximate surface area is 124 Å². The summed E-state index contributed by atoms with van der Waals surface area (Å²) in [5.41, 5.74) is 2.28. The molecule has 0 bridgehead atoms. The van der Waals surface area contributed by atoms with Crippen LogP contribution in [-0.4, -0.2) is 28.1 Å². The van der Waals surface area contributed by atoms with Crippen LogP contribution in [0.3, 0.4) is 0 Å². The summed E-state index contributed by atoms with van der Waals surface area (Å²) in [6.07, 6.45) is 6.62. The van der Waals surface area contributed by atoms with E-state index in [-0.39, 0.29) is 18.1 Å². The van der Waals surface area contributed by atoms with Crippen molar-refractivity contribution in [1.29, 1.82) is 0 Å². The number of para-hydroxylation sites is 1. The van der Waals surface area contributed by atoms with Gasteiger partial charge in [0, 0.05) is 23.5 Å². The highest BCUT2D eigenvalue weighted by Gasteiger charge is 2.24. The molecule has 0 radical (unpaired) electrons. The number of carbonyl (C=O) groups excluding carboxylic acids is 1. The first kappa shape index (κ1) is 14.1. The molecule has 1 aromatic heterocycles. The van der Waals surface area contributed by atoms with Gasteiger partial charge in [-0.1, -0.05) is 31.0 Å². The van der Waals surface area contributed by atoms with Crippen molar-refractivity contribution in [2.45, 2.75) is 50.7 Å². The average molecular weight is 286 g/mol. The summed E-state index contributed by atoms with van der Waals surface area (Å²) in [4.78, 5) is 15.3. The van der Waals surface area contributed by atoms with Crippen molar-refractivity contribution in [2.24, 2.45) is 0 Å². The lowest BCUT2D eigenvalue weighted by molar-refractivity contribution is -0.123. The van der Waals surface area contributed by atoms with Gasteiger partial charge in [0.05, 0.1) is 12.1 Å². The number of H-pyrrole nitrogens is 1. The van der Waals surface area contributed by atoms with Crippen LogP contribution >= 0.6 is 0 Å². The maximum Gasteiger partial charge on any atom is 0.220 e. The Hall–Kier alpha value is -1.81. The van der Waals surface area contributed by atoms with Crippen LogP contribution in [0.15, 0.2) is 30.5 Å². The fraction of sp³-hybridized carbons (Fsp3) is 0.471. The second-order valence-electron chi connectivity index (χ2n) is 5.89. The Morgan fingerprint density at radius 3 is 2.95 bits per heavy atom. The van der Waals surface area contributed by atoms with Gasteiger partial charge in [0.25, 0.3) is 0 Å². The summed E-state index contributed by atoms with van der Waals surface area (Å²) in [6.45, 7) is 0. The summed E-state index contributed by atoms with van der Waals surface area (Å²) in [5, 5.41) is 14.1. The zero-order chi connectivity index (χ0) is 14.7. The van der Waals surface area contributed by atoms with Crippen LogP contribution in [-0.2, 0) is 11.2 Å². The van der Waals surface area contributed by atoms with E-state index in [0.717, 1.165) is 37.6 Å². The van der Waals surface area contributed by atoms with Gasteiger partial charge < -0.3 is 15.4 Å². The molecule has 1 saturated carbocycles. The molecule has 1 heterocycles. The van der Waals surface area contributed by atoms with Gasteiger partial charge in [-0.3, -0.25) is 4.79 Å². The Kier molecular flexibility index (Phi) is 4.25. The Balaban J connectivity index is 1.56. The van der Waals surface area contributed by atoms with E-state index in [0.29, 0.717) is 6.42 Å². The van der Waals surface area contributed by atoms with E-state index in [2.05, 4.69) is 16.4 Å². The maximum atomic E-state index is 12.1. The van der Waals surface area contributed by atoms with Gasteiger partial charge in [-0.25, -0.2) is 0 Å². The monoisotopic (exact) mass is 286 g/mol. The number of benzene rings is 1. The predicted molar refractivity (Wildman–Crippen MR) is 83.0 cm³/mol. The predicted octanol–water partition coefficient (Wildman–Crippen LogP) is 2.52. The fourth-order valence-electron chi connectivity index (χ4n) is 3.15. The topological polar surface area (TPSA) is 65.1 Å². The minimum absolute atomic E-state index is 0.0335. The standard InChI is InChI=1S/C17H22N2O2/c20-16-8-4-3-7-15(16)19-17(21)10-9-12-11-18-14-6-2-1-5-13(12)14/h1-2,5-6,11,15-16,18,20H,3-4,7-10H2,(H,19,21)/t15-,16-/m0/s1. The third-order valence-corrected chi connectivity index (χ3v) is 4.37. The number of amides is 1. The Morgan fingerprint density at radius 1 is 1.29 bits per heavy atom. The van der Waals surface area contributed by atoms with Gasteiger partial charge in [-0.2, -0.15) is 0 Å². The molecule has 1 aliphatic rings. The first-order chi connectivity index (χ1) is 10.2. The van der Waals surface area contributed by atoms with Gasteiger partial charge in [0.15, 0.2) is 0 Å². The van der Waals surface area contributed by atoms with Gasteiger partial charge in [-0.05, 0) is 30.9 Å². The summed E-state index contributed by atoms with van der Waals surface area (Å²) in [7, 11) is 0. The van der Waals surface area contributed by atoms with Gasteiger partial charge in [0.2, 0.25) is 5.91 Å². The highest BCUT2D eigenvalue weighted by atomic mass is 16.3. The quantitative estimate of drug-likeness (QED) is 0.808. The number of rotatable bonds is 4. The van der Waals surface area contributed by atoms with Crippen molar-refractivity contribution in [3.63, 3.8) is 0 Å². The largest absolute Gasteiger partial charge is 0.391 e. The van der Waals surface area contributed by atoms with Crippen LogP contribution in [0.5, 0.6) is 0 Å². The number of aliphatic hydroxyl groups excluding tert-OH is 1. The van der Waals surface area contributed by atoms with E-state index in [1.807, 2.05) is 24.4 Å². The second kappa shape index (κ2) is 6.31. The molecule has 0 aliphatic heterocycles. The summed E-state index contributed by atoms with van der Waals surface area (Å²) < 4.78 is 0. The van der Waals surface area contributed by atoms with Gasteiger partial charge >= 0.3 is 0 Å². The number of aliphatic hydroxyl groups is 1. The fourth-order valence-corrected chi connectivity index (χ4v) is 3.15. The Morgan fingerprint density at radius 2 is 2.10 bits per heavy atom. The normalized spacial score (nSPS) is 22.3. The van der Waals surface area contributed by atoms with Crippen LogP contribution in [0.2, 0.25) is 0 Å². The number of aromatic nitrogens is 1. The van der Waals surface area contributed by atoms with Crippen LogP contribution in [0.25, 0.3) is 10.9 Å². The van der Waals surface area contributed by atoms with Crippen LogP contribution in [0, 0.1) is 0 Å². The van der Waals surface area contributed by atoms with E-state index >= 15 is 0 Å². The molecular weight excluding hydrogens is 264 g/mol. The van der Waals surface area contributed by atoms with Crippen LogP contribution in [0.4, 0.5) is 0 Å². The summed E-state index contributed by atoms with van der Waals surface area (Å²) >= 11 is 0. The average Bonchev–Trinajstić information content (AvgIpc) is 2.91. The van der Waals surface area contributed by atoms with Crippen molar-refractivity contribution in [2.75, 3.05) is 0 Å². The highest BCUT2D eigenvalue weighted by Crippen LogP contribution is 2.20. The highest BCUT2D eigenvalue weighted by molar-refractivity contribution is 5.84. The third kappa shape index (κ3) is 3.27.